The van der Waals surface area contributed by atoms with Gasteiger partial charge in [-0.3, -0.25) is 0 Å². The predicted molar refractivity (Wildman–Crippen MR) is 82.1 cm³/mol. The predicted octanol–water partition coefficient (Wildman–Crippen LogP) is 5.34. The van der Waals surface area contributed by atoms with E-state index in [1.54, 1.807) is 0 Å². The van der Waals surface area contributed by atoms with E-state index in [2.05, 4.69) is 85.2 Å². The molecule has 0 N–H and O–H groups in total. The van der Waals surface area contributed by atoms with E-state index in [1.807, 2.05) is 0 Å². The first kappa shape index (κ1) is 13.4. The van der Waals surface area contributed by atoms with E-state index in [0.717, 1.165) is 10.9 Å². The minimum Gasteiger partial charge on any atom is -0.0584 e. The van der Waals surface area contributed by atoms with Crippen LogP contribution in [0.1, 0.15) is 37.5 Å². The van der Waals surface area contributed by atoms with Crippen LogP contribution in [0.2, 0.25) is 0 Å². The molecule has 0 unspecified atom stereocenters. The van der Waals surface area contributed by atoms with Gasteiger partial charge in [0, 0.05) is 4.47 Å². The summed E-state index contributed by atoms with van der Waals surface area (Å²) in [7, 11) is 0. The smallest absolute Gasteiger partial charge is 0.0175 e. The van der Waals surface area contributed by atoms with E-state index in [0.29, 0.717) is 0 Å². The van der Waals surface area contributed by atoms with Gasteiger partial charge >= 0.3 is 0 Å². The van der Waals surface area contributed by atoms with Crippen LogP contribution in [0.4, 0.5) is 0 Å². The van der Waals surface area contributed by atoms with Crippen LogP contribution in [0.5, 0.6) is 0 Å². The van der Waals surface area contributed by atoms with E-state index in [9.17, 15) is 0 Å². The molecular weight excluding hydrogens is 284 g/mol. The molecule has 0 aromatic heterocycles. The lowest BCUT2D eigenvalue weighted by molar-refractivity contribution is 0.590. The van der Waals surface area contributed by atoms with Crippen molar-refractivity contribution in [2.45, 2.75) is 32.6 Å². The molecule has 0 heterocycles. The fraction of sp³-hybridized carbons (Fsp3) is 0.294. The van der Waals surface area contributed by atoms with Gasteiger partial charge < -0.3 is 0 Å². The molecule has 0 nitrogen and oxygen atoms in total. The number of benzene rings is 2. The monoisotopic (exact) mass is 302 g/mol. The Balaban J connectivity index is 2.13. The van der Waals surface area contributed by atoms with Crippen LogP contribution in [0.3, 0.4) is 0 Å². The Morgan fingerprint density at radius 2 is 1.22 bits per heavy atom. The standard InChI is InChI=1S/C17H19Br/c1-17(2,3)15-8-4-13(5-9-15)12-14-6-10-16(18)11-7-14/h4-11H,12H2,1-3H3. The summed E-state index contributed by atoms with van der Waals surface area (Å²) >= 11 is 3.46. The van der Waals surface area contributed by atoms with Crippen LogP contribution in [0, 0.1) is 0 Å². The van der Waals surface area contributed by atoms with Gasteiger partial charge in [-0.1, -0.05) is 73.1 Å². The molecule has 2 aromatic rings. The Labute approximate surface area is 118 Å². The second-order valence-corrected chi connectivity index (χ2v) is 6.67. The highest BCUT2D eigenvalue weighted by molar-refractivity contribution is 9.10. The second kappa shape index (κ2) is 5.27. The lowest BCUT2D eigenvalue weighted by atomic mass is 9.86. The Morgan fingerprint density at radius 3 is 1.67 bits per heavy atom. The third-order valence-electron chi connectivity index (χ3n) is 3.14. The first-order valence-electron chi connectivity index (χ1n) is 6.29. The Bertz CT molecular complexity index is 501. The molecule has 2 aromatic carbocycles. The quantitative estimate of drug-likeness (QED) is 0.702. The normalized spacial score (nSPS) is 11.6. The van der Waals surface area contributed by atoms with Crippen molar-refractivity contribution >= 4 is 15.9 Å². The second-order valence-electron chi connectivity index (χ2n) is 5.75. The van der Waals surface area contributed by atoms with E-state index in [4.69, 9.17) is 0 Å². The molecule has 0 saturated carbocycles. The van der Waals surface area contributed by atoms with Gasteiger partial charge in [-0.25, -0.2) is 0 Å². The van der Waals surface area contributed by atoms with Crippen LogP contribution in [0.25, 0.3) is 0 Å². The van der Waals surface area contributed by atoms with Crippen LogP contribution >= 0.6 is 15.9 Å². The van der Waals surface area contributed by atoms with Crippen molar-refractivity contribution in [1.29, 1.82) is 0 Å². The Morgan fingerprint density at radius 1 is 0.778 bits per heavy atom. The molecular formula is C17H19Br. The highest BCUT2D eigenvalue weighted by atomic mass is 79.9. The van der Waals surface area contributed by atoms with Gasteiger partial charge in [0.25, 0.3) is 0 Å². The maximum atomic E-state index is 3.46. The van der Waals surface area contributed by atoms with Crippen LogP contribution in [0.15, 0.2) is 53.0 Å². The van der Waals surface area contributed by atoms with E-state index >= 15 is 0 Å². The average Bonchev–Trinajstić information content (AvgIpc) is 2.32. The molecule has 0 saturated heterocycles. The van der Waals surface area contributed by atoms with Crippen molar-refractivity contribution in [3.8, 4) is 0 Å². The largest absolute Gasteiger partial charge is 0.0584 e. The van der Waals surface area contributed by atoms with Crippen molar-refractivity contribution in [1.82, 2.24) is 0 Å². The van der Waals surface area contributed by atoms with Gasteiger partial charge in [0.1, 0.15) is 0 Å². The summed E-state index contributed by atoms with van der Waals surface area (Å²) in [5.74, 6) is 0. The van der Waals surface area contributed by atoms with E-state index in [1.165, 1.54) is 16.7 Å². The summed E-state index contributed by atoms with van der Waals surface area (Å²) in [6.45, 7) is 6.74. The number of rotatable bonds is 2. The Hall–Kier alpha value is -1.08. The first-order valence-corrected chi connectivity index (χ1v) is 7.08. The summed E-state index contributed by atoms with van der Waals surface area (Å²) in [6.07, 6.45) is 0.998. The van der Waals surface area contributed by atoms with Gasteiger partial charge in [0.2, 0.25) is 0 Å². The molecule has 0 bridgehead atoms. The minimum absolute atomic E-state index is 0.232. The topological polar surface area (TPSA) is 0 Å². The SMILES string of the molecule is CC(C)(C)c1ccc(Cc2ccc(Br)cc2)cc1. The molecule has 0 atom stereocenters. The van der Waals surface area contributed by atoms with Gasteiger partial charge in [0.15, 0.2) is 0 Å². The summed E-state index contributed by atoms with van der Waals surface area (Å²) in [5, 5.41) is 0. The van der Waals surface area contributed by atoms with Crippen molar-refractivity contribution in [2.75, 3.05) is 0 Å². The highest BCUT2D eigenvalue weighted by Gasteiger charge is 2.12. The van der Waals surface area contributed by atoms with Crippen LogP contribution < -0.4 is 0 Å². The molecule has 1 heteroatoms. The highest BCUT2D eigenvalue weighted by Crippen LogP contribution is 2.23. The molecule has 0 fully saturated rings. The number of halogens is 1. The van der Waals surface area contributed by atoms with E-state index < -0.39 is 0 Å². The Kier molecular flexibility index (Phi) is 3.91. The minimum atomic E-state index is 0.232. The molecule has 0 aliphatic rings. The summed E-state index contributed by atoms with van der Waals surface area (Å²) < 4.78 is 1.13. The zero-order valence-electron chi connectivity index (χ0n) is 11.2. The summed E-state index contributed by atoms with van der Waals surface area (Å²) in [6, 6.07) is 17.5. The fourth-order valence-corrected chi connectivity index (χ4v) is 2.22. The van der Waals surface area contributed by atoms with Crippen LogP contribution in [-0.4, -0.2) is 0 Å². The van der Waals surface area contributed by atoms with Gasteiger partial charge in [-0.15, -0.1) is 0 Å². The molecule has 0 amide bonds. The first-order chi connectivity index (χ1) is 8.45. The zero-order chi connectivity index (χ0) is 13.2. The number of hydrogen-bond donors (Lipinski definition) is 0. The van der Waals surface area contributed by atoms with Crippen molar-refractivity contribution in [3.63, 3.8) is 0 Å². The number of hydrogen-bond acceptors (Lipinski definition) is 0. The van der Waals surface area contributed by atoms with Gasteiger partial charge in [-0.05, 0) is 40.7 Å². The van der Waals surface area contributed by atoms with Gasteiger partial charge in [-0.2, -0.15) is 0 Å². The zero-order valence-corrected chi connectivity index (χ0v) is 12.8. The summed E-state index contributed by atoms with van der Waals surface area (Å²) in [4.78, 5) is 0. The lowest BCUT2D eigenvalue weighted by Gasteiger charge is -2.19. The molecule has 18 heavy (non-hydrogen) atoms. The van der Waals surface area contributed by atoms with Crippen molar-refractivity contribution in [2.24, 2.45) is 0 Å². The third kappa shape index (κ3) is 3.46. The molecule has 0 spiro atoms. The maximum absolute atomic E-state index is 3.46. The molecule has 0 aliphatic carbocycles. The van der Waals surface area contributed by atoms with Gasteiger partial charge in [0.05, 0.1) is 0 Å². The lowest BCUT2D eigenvalue weighted by Crippen LogP contribution is -2.10. The van der Waals surface area contributed by atoms with Crippen molar-refractivity contribution < 1.29 is 0 Å². The van der Waals surface area contributed by atoms with E-state index in [-0.39, 0.29) is 5.41 Å². The average molecular weight is 303 g/mol. The molecule has 94 valence electrons. The third-order valence-corrected chi connectivity index (χ3v) is 3.67. The molecule has 2 rings (SSSR count). The van der Waals surface area contributed by atoms with Crippen LogP contribution in [-0.2, 0) is 11.8 Å². The fourth-order valence-electron chi connectivity index (χ4n) is 1.96. The molecule has 0 aliphatic heterocycles. The maximum Gasteiger partial charge on any atom is 0.0175 e. The summed E-state index contributed by atoms with van der Waals surface area (Å²) in [5.41, 5.74) is 4.34. The van der Waals surface area contributed by atoms with Crippen molar-refractivity contribution in [3.05, 3.63) is 69.7 Å². The molecule has 0 radical (unpaired) electrons.